The molecule has 0 amide bonds. The van der Waals surface area contributed by atoms with E-state index in [1.807, 2.05) is 37.3 Å². The molecule has 0 spiro atoms. The van der Waals surface area contributed by atoms with Crippen LogP contribution in [-0.2, 0) is 23.7 Å². The molecule has 6 atom stereocenters. The van der Waals surface area contributed by atoms with Gasteiger partial charge in [0.25, 0.3) is 0 Å². The van der Waals surface area contributed by atoms with Gasteiger partial charge in [-0.25, -0.2) is 0 Å². The number of fused-ring (bicyclic) bond motifs is 1. The minimum absolute atomic E-state index is 0.315. The lowest BCUT2D eigenvalue weighted by atomic mass is 9.98. The third-order valence-corrected chi connectivity index (χ3v) is 5.06. The quantitative estimate of drug-likeness (QED) is 0.828. The van der Waals surface area contributed by atoms with Crippen LogP contribution in [0, 0.1) is 0 Å². The molecule has 0 aliphatic carbocycles. The van der Waals surface area contributed by atoms with E-state index in [2.05, 4.69) is 0 Å². The zero-order chi connectivity index (χ0) is 17.1. The summed E-state index contributed by atoms with van der Waals surface area (Å²) in [6.07, 6.45) is -3.26. The fraction of sp³-hybridized carbons (Fsp3) is 0.588. The third kappa shape index (κ3) is 3.75. The van der Waals surface area contributed by atoms with Crippen LogP contribution in [0.2, 0.25) is 0 Å². The van der Waals surface area contributed by atoms with Crippen molar-refractivity contribution in [1.29, 1.82) is 0 Å². The number of ether oxygens (including phenoxy) is 4. The maximum atomic E-state index is 11.5. The Morgan fingerprint density at radius 3 is 2.75 bits per heavy atom. The molecule has 2 heterocycles. The second-order valence-electron chi connectivity index (χ2n) is 5.74. The third-order valence-electron chi connectivity index (χ3n) is 4.01. The number of hydrogen-bond donors (Lipinski definition) is 1. The van der Waals surface area contributed by atoms with E-state index in [0.29, 0.717) is 6.61 Å². The van der Waals surface area contributed by atoms with Crippen LogP contribution in [0.15, 0.2) is 30.3 Å². The topological polar surface area (TPSA) is 74.2 Å². The van der Waals surface area contributed by atoms with Gasteiger partial charge in [0.1, 0.15) is 23.7 Å². The summed E-state index contributed by atoms with van der Waals surface area (Å²) in [6, 6.07) is 9.52. The maximum Gasteiger partial charge on any atom is 0.303 e. The molecule has 0 radical (unpaired) electrons. The highest BCUT2D eigenvalue weighted by Crippen LogP contribution is 2.37. The van der Waals surface area contributed by atoms with Gasteiger partial charge >= 0.3 is 5.97 Å². The smallest absolute Gasteiger partial charge is 0.303 e. The van der Waals surface area contributed by atoms with Crippen molar-refractivity contribution in [2.24, 2.45) is 0 Å². The minimum atomic E-state index is -0.949. The number of aliphatic hydroxyl groups excluding tert-OH is 1. The predicted octanol–water partition coefficient (Wildman–Crippen LogP) is 1.87. The molecule has 0 aromatic heterocycles. The van der Waals surface area contributed by atoms with Crippen molar-refractivity contribution < 1.29 is 28.8 Å². The summed E-state index contributed by atoms with van der Waals surface area (Å²) in [4.78, 5) is 11.5. The zero-order valence-corrected chi connectivity index (χ0v) is 14.5. The maximum absolute atomic E-state index is 11.5. The van der Waals surface area contributed by atoms with E-state index in [0.717, 1.165) is 11.3 Å². The Morgan fingerprint density at radius 1 is 1.33 bits per heavy atom. The summed E-state index contributed by atoms with van der Waals surface area (Å²) < 4.78 is 23.0. The van der Waals surface area contributed by atoms with Crippen LogP contribution in [0.4, 0.5) is 0 Å². The van der Waals surface area contributed by atoms with Gasteiger partial charge < -0.3 is 24.1 Å². The van der Waals surface area contributed by atoms with Crippen molar-refractivity contribution in [3.63, 3.8) is 0 Å². The lowest BCUT2D eigenvalue weighted by Crippen LogP contribution is -2.62. The van der Waals surface area contributed by atoms with Gasteiger partial charge in [-0.15, -0.1) is 11.8 Å². The average molecular weight is 354 g/mol. The summed E-state index contributed by atoms with van der Waals surface area (Å²) in [6.45, 7) is 3.62. The van der Waals surface area contributed by atoms with Crippen molar-refractivity contribution in [3.8, 4) is 0 Å². The van der Waals surface area contributed by atoms with Gasteiger partial charge in [0.2, 0.25) is 0 Å². The van der Waals surface area contributed by atoms with Gasteiger partial charge in [0.15, 0.2) is 12.4 Å². The molecule has 3 rings (SSSR count). The van der Waals surface area contributed by atoms with E-state index in [1.54, 1.807) is 0 Å². The van der Waals surface area contributed by atoms with Gasteiger partial charge in [0.05, 0.1) is 6.61 Å². The van der Waals surface area contributed by atoms with Crippen LogP contribution in [0.5, 0.6) is 0 Å². The molecule has 2 saturated heterocycles. The molecule has 0 bridgehead atoms. The van der Waals surface area contributed by atoms with E-state index in [4.69, 9.17) is 18.9 Å². The van der Waals surface area contributed by atoms with Crippen molar-refractivity contribution in [2.45, 2.75) is 50.0 Å². The largest absolute Gasteiger partial charge is 0.457 e. The number of esters is 1. The van der Waals surface area contributed by atoms with Crippen LogP contribution >= 0.6 is 11.8 Å². The van der Waals surface area contributed by atoms with Gasteiger partial charge in [-0.2, -0.15) is 0 Å². The minimum Gasteiger partial charge on any atom is -0.457 e. The van der Waals surface area contributed by atoms with E-state index in [9.17, 15) is 9.90 Å². The Labute approximate surface area is 145 Å². The number of aliphatic hydroxyl groups is 1. The van der Waals surface area contributed by atoms with Crippen molar-refractivity contribution >= 4 is 17.7 Å². The average Bonchev–Trinajstić information content (AvgIpc) is 2.59. The number of benzene rings is 1. The van der Waals surface area contributed by atoms with Gasteiger partial charge in [-0.1, -0.05) is 37.3 Å². The van der Waals surface area contributed by atoms with Gasteiger partial charge in [0, 0.05) is 12.5 Å². The zero-order valence-electron chi connectivity index (χ0n) is 13.7. The van der Waals surface area contributed by atoms with E-state index in [-0.39, 0.29) is 6.10 Å². The fourth-order valence-electron chi connectivity index (χ4n) is 2.97. The molecule has 0 saturated carbocycles. The molecule has 1 aromatic carbocycles. The van der Waals surface area contributed by atoms with Crippen molar-refractivity contribution in [2.75, 3.05) is 12.4 Å². The Morgan fingerprint density at radius 2 is 2.08 bits per heavy atom. The molecule has 24 heavy (non-hydrogen) atoms. The monoisotopic (exact) mass is 354 g/mol. The number of thioether (sulfide) groups is 1. The molecule has 7 heteroatoms. The first-order chi connectivity index (χ1) is 11.6. The molecule has 1 N–H and O–H groups in total. The molecule has 1 unspecified atom stereocenters. The lowest BCUT2D eigenvalue weighted by molar-refractivity contribution is -0.319. The highest BCUT2D eigenvalue weighted by atomic mass is 32.2. The highest BCUT2D eigenvalue weighted by molar-refractivity contribution is 7.99. The first-order valence-corrected chi connectivity index (χ1v) is 9.09. The van der Waals surface area contributed by atoms with Crippen LogP contribution in [0.3, 0.4) is 0 Å². The molecular formula is C17H22O6S. The Balaban J connectivity index is 1.79. The van der Waals surface area contributed by atoms with Crippen LogP contribution < -0.4 is 0 Å². The predicted molar refractivity (Wildman–Crippen MR) is 88.4 cm³/mol. The summed E-state index contributed by atoms with van der Waals surface area (Å²) >= 11 is 1.47. The van der Waals surface area contributed by atoms with Crippen LogP contribution in [-0.4, -0.2) is 53.3 Å². The first-order valence-electron chi connectivity index (χ1n) is 8.04. The Bertz CT molecular complexity index is 553. The second kappa shape index (κ2) is 7.84. The Hall–Kier alpha value is -1.12. The van der Waals surface area contributed by atoms with Crippen molar-refractivity contribution in [3.05, 3.63) is 35.9 Å². The fourth-order valence-corrected chi connectivity index (χ4v) is 3.87. The summed E-state index contributed by atoms with van der Waals surface area (Å²) in [5, 5.41) is 10.6. The van der Waals surface area contributed by atoms with E-state index < -0.39 is 36.0 Å². The summed E-state index contributed by atoms with van der Waals surface area (Å²) in [7, 11) is 0. The highest BCUT2D eigenvalue weighted by Gasteiger charge is 2.51. The molecule has 132 valence electrons. The Kier molecular flexibility index (Phi) is 5.78. The van der Waals surface area contributed by atoms with E-state index in [1.165, 1.54) is 18.7 Å². The number of carbonyl (C=O) groups is 1. The normalized spacial score (nSPS) is 36.0. The van der Waals surface area contributed by atoms with Gasteiger partial charge in [-0.05, 0) is 5.75 Å². The number of rotatable bonds is 4. The second-order valence-corrected chi connectivity index (χ2v) is 7.11. The van der Waals surface area contributed by atoms with E-state index >= 15 is 0 Å². The first kappa shape index (κ1) is 17.7. The number of carbonyl (C=O) groups excluding carboxylic acids is 1. The standard InChI is InChI=1S/C17H22O6S/c1-3-24-17-13(19)15(21-10(2)18)14-12(22-17)9-20-16(23-14)11-7-5-4-6-8-11/h4-8,12-17,19H,3,9H2,1-2H3/t12-,13-,14-,15-,16?,17+/m1/s1. The SMILES string of the molecule is CCS[C@@H]1O[C@@H]2COC(c3ccccc3)O[C@H]2[C@H](OC(C)=O)[C@H]1O. The summed E-state index contributed by atoms with van der Waals surface area (Å²) in [5.41, 5.74) is 0.401. The molecule has 2 aliphatic rings. The summed E-state index contributed by atoms with van der Waals surface area (Å²) in [5.74, 6) is 0.326. The molecule has 2 aliphatic heterocycles. The molecule has 2 fully saturated rings. The molecule has 6 nitrogen and oxygen atoms in total. The lowest BCUT2D eigenvalue weighted by Gasteiger charge is -2.47. The molecule has 1 aromatic rings. The molecular weight excluding hydrogens is 332 g/mol. The van der Waals surface area contributed by atoms with Crippen molar-refractivity contribution in [1.82, 2.24) is 0 Å². The van der Waals surface area contributed by atoms with Crippen LogP contribution in [0.1, 0.15) is 25.7 Å². The number of hydrogen-bond acceptors (Lipinski definition) is 7. The van der Waals surface area contributed by atoms with Crippen LogP contribution in [0.25, 0.3) is 0 Å². The van der Waals surface area contributed by atoms with Gasteiger partial charge in [-0.3, -0.25) is 4.79 Å².